The first-order valence-corrected chi connectivity index (χ1v) is 4.41. The van der Waals surface area contributed by atoms with E-state index in [-0.39, 0.29) is 5.97 Å². The van der Waals surface area contributed by atoms with Crippen LogP contribution in [0.3, 0.4) is 0 Å². The molecule has 0 amide bonds. The van der Waals surface area contributed by atoms with Crippen LogP contribution >= 0.6 is 0 Å². The Bertz CT molecular complexity index is 251. The lowest BCUT2D eigenvalue weighted by Gasteiger charge is -2.31. The molecule has 1 aliphatic rings. The number of hydrogen-bond acceptors (Lipinski definition) is 3. The van der Waals surface area contributed by atoms with E-state index in [9.17, 15) is 9.59 Å². The summed E-state index contributed by atoms with van der Waals surface area (Å²) in [4.78, 5) is 21.1. The molecule has 0 fully saturated rings. The quantitative estimate of drug-likeness (QED) is 0.378. The van der Waals surface area contributed by atoms with Crippen molar-refractivity contribution in [1.82, 2.24) is 0 Å². The van der Waals surface area contributed by atoms with E-state index in [1.54, 1.807) is 0 Å². The number of hydrogen-bond donors (Lipinski definition) is 0. The lowest BCUT2D eigenvalue weighted by molar-refractivity contribution is -0.154. The van der Waals surface area contributed by atoms with Crippen LogP contribution in [-0.4, -0.2) is 17.9 Å². The molecule has 0 saturated heterocycles. The predicted molar refractivity (Wildman–Crippen MR) is 48.2 cm³/mol. The summed E-state index contributed by atoms with van der Waals surface area (Å²) in [5.74, 6) is -0.195. The molecule has 0 spiro atoms. The Labute approximate surface area is 77.8 Å². The standard InChI is InChI=1S/C10H14O3/c1-10(2)8(4-3-7-11)5-6-9(12)13-10/h5,7H,3-4,6H2,1-2H3. The fourth-order valence-corrected chi connectivity index (χ4v) is 1.46. The van der Waals surface area contributed by atoms with E-state index < -0.39 is 5.60 Å². The maximum absolute atomic E-state index is 11.0. The Balaban J connectivity index is 2.70. The maximum Gasteiger partial charge on any atom is 0.310 e. The summed E-state index contributed by atoms with van der Waals surface area (Å²) in [6, 6.07) is 0. The molecule has 1 aliphatic heterocycles. The van der Waals surface area contributed by atoms with Crippen molar-refractivity contribution in [2.75, 3.05) is 0 Å². The fraction of sp³-hybridized carbons (Fsp3) is 0.600. The number of ether oxygens (including phenoxy) is 1. The van der Waals surface area contributed by atoms with E-state index in [2.05, 4.69) is 0 Å². The van der Waals surface area contributed by atoms with Crippen molar-refractivity contribution in [2.24, 2.45) is 0 Å². The maximum atomic E-state index is 11.0. The van der Waals surface area contributed by atoms with Gasteiger partial charge in [-0.25, -0.2) is 0 Å². The minimum atomic E-state index is -0.529. The molecule has 0 radical (unpaired) electrons. The van der Waals surface area contributed by atoms with E-state index in [1.807, 2.05) is 19.9 Å². The highest BCUT2D eigenvalue weighted by Gasteiger charge is 2.30. The Hall–Kier alpha value is -1.12. The lowest BCUT2D eigenvalue weighted by atomic mass is 9.91. The van der Waals surface area contributed by atoms with Gasteiger partial charge in [-0.3, -0.25) is 4.79 Å². The van der Waals surface area contributed by atoms with Gasteiger partial charge in [0.1, 0.15) is 11.9 Å². The van der Waals surface area contributed by atoms with Gasteiger partial charge < -0.3 is 9.53 Å². The van der Waals surface area contributed by atoms with Crippen LogP contribution in [0.25, 0.3) is 0 Å². The smallest absolute Gasteiger partial charge is 0.310 e. The molecule has 0 atom stereocenters. The molecule has 0 aliphatic carbocycles. The van der Waals surface area contributed by atoms with Gasteiger partial charge in [0.15, 0.2) is 0 Å². The van der Waals surface area contributed by atoms with Crippen molar-refractivity contribution in [2.45, 2.75) is 38.7 Å². The predicted octanol–water partition coefficient (Wildman–Crippen LogP) is 1.62. The summed E-state index contributed by atoms with van der Waals surface area (Å²) in [5.41, 5.74) is 0.512. The topological polar surface area (TPSA) is 43.4 Å². The Morgan fingerprint density at radius 2 is 2.31 bits per heavy atom. The van der Waals surface area contributed by atoms with Crippen molar-refractivity contribution >= 4 is 12.3 Å². The van der Waals surface area contributed by atoms with Gasteiger partial charge in [0.2, 0.25) is 0 Å². The molecule has 1 heterocycles. The highest BCUT2D eigenvalue weighted by molar-refractivity contribution is 5.73. The third-order valence-corrected chi connectivity index (χ3v) is 2.19. The summed E-state index contributed by atoms with van der Waals surface area (Å²) >= 11 is 0. The van der Waals surface area contributed by atoms with Gasteiger partial charge in [-0.15, -0.1) is 0 Å². The van der Waals surface area contributed by atoms with E-state index in [4.69, 9.17) is 4.74 Å². The Morgan fingerprint density at radius 1 is 1.62 bits per heavy atom. The summed E-state index contributed by atoms with van der Waals surface area (Å²) in [6.07, 6.45) is 4.26. The molecule has 0 aromatic rings. The highest BCUT2D eigenvalue weighted by Crippen LogP contribution is 2.29. The fourth-order valence-electron chi connectivity index (χ4n) is 1.46. The summed E-state index contributed by atoms with van der Waals surface area (Å²) < 4.78 is 5.16. The molecule has 13 heavy (non-hydrogen) atoms. The normalized spacial score (nSPS) is 20.5. The van der Waals surface area contributed by atoms with Crippen molar-refractivity contribution in [3.05, 3.63) is 11.6 Å². The van der Waals surface area contributed by atoms with Crippen LogP contribution in [0.5, 0.6) is 0 Å². The summed E-state index contributed by atoms with van der Waals surface area (Å²) in [7, 11) is 0. The van der Waals surface area contributed by atoms with E-state index in [0.29, 0.717) is 19.3 Å². The van der Waals surface area contributed by atoms with Crippen LogP contribution in [0.15, 0.2) is 11.6 Å². The number of aldehydes is 1. The lowest BCUT2D eigenvalue weighted by Crippen LogP contribution is -2.33. The van der Waals surface area contributed by atoms with Crippen LogP contribution in [0, 0.1) is 0 Å². The van der Waals surface area contributed by atoms with Crippen LogP contribution in [0.2, 0.25) is 0 Å². The second kappa shape index (κ2) is 3.73. The molecule has 0 unspecified atom stereocenters. The number of esters is 1. The third kappa shape index (κ3) is 2.41. The van der Waals surface area contributed by atoms with Gasteiger partial charge in [-0.1, -0.05) is 6.08 Å². The molecule has 3 nitrogen and oxygen atoms in total. The molecule has 1 rings (SSSR count). The molecule has 0 saturated carbocycles. The van der Waals surface area contributed by atoms with Gasteiger partial charge in [-0.2, -0.15) is 0 Å². The zero-order chi connectivity index (χ0) is 9.90. The molecule has 0 N–H and O–H groups in total. The number of rotatable bonds is 3. The van der Waals surface area contributed by atoms with Crippen LogP contribution in [0.1, 0.15) is 33.1 Å². The Morgan fingerprint density at radius 3 is 2.85 bits per heavy atom. The Kier molecular flexibility index (Phi) is 2.86. The van der Waals surface area contributed by atoms with E-state index >= 15 is 0 Å². The average Bonchev–Trinajstić information content (AvgIpc) is 2.01. The minimum absolute atomic E-state index is 0.195. The van der Waals surface area contributed by atoms with Gasteiger partial charge in [0.25, 0.3) is 0 Å². The number of cyclic esters (lactones) is 1. The van der Waals surface area contributed by atoms with Crippen LogP contribution in [0.4, 0.5) is 0 Å². The molecular formula is C10H14O3. The van der Waals surface area contributed by atoms with Crippen molar-refractivity contribution in [3.63, 3.8) is 0 Å². The van der Waals surface area contributed by atoms with Crippen LogP contribution in [-0.2, 0) is 14.3 Å². The molecule has 0 bridgehead atoms. The molecule has 0 aromatic heterocycles. The zero-order valence-electron chi connectivity index (χ0n) is 8.00. The first kappa shape index (κ1) is 9.96. The molecular weight excluding hydrogens is 168 g/mol. The van der Waals surface area contributed by atoms with E-state index in [0.717, 1.165) is 11.9 Å². The minimum Gasteiger partial charge on any atom is -0.455 e. The van der Waals surface area contributed by atoms with Gasteiger partial charge in [0.05, 0.1) is 6.42 Å². The summed E-state index contributed by atoms with van der Waals surface area (Å²) in [6.45, 7) is 3.70. The summed E-state index contributed by atoms with van der Waals surface area (Å²) in [5, 5.41) is 0. The monoisotopic (exact) mass is 182 g/mol. The van der Waals surface area contributed by atoms with Crippen molar-refractivity contribution in [3.8, 4) is 0 Å². The average molecular weight is 182 g/mol. The highest BCUT2D eigenvalue weighted by atomic mass is 16.6. The zero-order valence-corrected chi connectivity index (χ0v) is 8.00. The third-order valence-electron chi connectivity index (χ3n) is 2.19. The second-order valence-corrected chi connectivity index (χ2v) is 3.62. The van der Waals surface area contributed by atoms with Gasteiger partial charge in [0, 0.05) is 6.42 Å². The molecule has 3 heteroatoms. The number of carbonyl (C=O) groups is 2. The van der Waals surface area contributed by atoms with E-state index in [1.165, 1.54) is 0 Å². The van der Waals surface area contributed by atoms with Gasteiger partial charge >= 0.3 is 5.97 Å². The first-order chi connectivity index (χ1) is 6.06. The first-order valence-electron chi connectivity index (χ1n) is 4.41. The molecule has 72 valence electrons. The SMILES string of the molecule is CC1(C)OC(=O)CC=C1CCC=O. The molecule has 0 aromatic carbocycles. The van der Waals surface area contributed by atoms with Crippen molar-refractivity contribution < 1.29 is 14.3 Å². The largest absolute Gasteiger partial charge is 0.455 e. The van der Waals surface area contributed by atoms with Crippen molar-refractivity contribution in [1.29, 1.82) is 0 Å². The number of carbonyl (C=O) groups excluding carboxylic acids is 2. The second-order valence-electron chi connectivity index (χ2n) is 3.62. The van der Waals surface area contributed by atoms with Crippen LogP contribution < -0.4 is 0 Å². The van der Waals surface area contributed by atoms with Gasteiger partial charge in [-0.05, 0) is 25.8 Å².